The standard InChI is InChI=1S/C12H24N2O/c1-4-10-7-6-8-14(10)11(15)12(3,5-2)9-13/h10H,4-9,13H2,1-3H3. The molecule has 1 saturated heterocycles. The number of carbonyl (C=O) groups is 1. The molecule has 1 aliphatic heterocycles. The lowest BCUT2D eigenvalue weighted by Gasteiger charge is -2.33. The predicted molar refractivity (Wildman–Crippen MR) is 62.5 cm³/mol. The fraction of sp³-hybridized carbons (Fsp3) is 0.917. The summed E-state index contributed by atoms with van der Waals surface area (Å²) in [5, 5.41) is 0. The summed E-state index contributed by atoms with van der Waals surface area (Å²) in [4.78, 5) is 14.4. The van der Waals surface area contributed by atoms with Crippen LogP contribution in [0, 0.1) is 5.41 Å². The summed E-state index contributed by atoms with van der Waals surface area (Å²) in [7, 11) is 0. The molecule has 1 aliphatic rings. The van der Waals surface area contributed by atoms with Crippen molar-refractivity contribution in [2.24, 2.45) is 11.1 Å². The molecule has 1 amide bonds. The smallest absolute Gasteiger partial charge is 0.230 e. The van der Waals surface area contributed by atoms with Gasteiger partial charge in [0.25, 0.3) is 0 Å². The van der Waals surface area contributed by atoms with Gasteiger partial charge in [-0.15, -0.1) is 0 Å². The van der Waals surface area contributed by atoms with E-state index >= 15 is 0 Å². The van der Waals surface area contributed by atoms with Crippen LogP contribution in [0.25, 0.3) is 0 Å². The molecule has 2 N–H and O–H groups in total. The van der Waals surface area contributed by atoms with Crippen molar-refractivity contribution in [2.45, 2.75) is 52.5 Å². The lowest BCUT2D eigenvalue weighted by molar-refractivity contribution is -0.141. The van der Waals surface area contributed by atoms with Crippen molar-refractivity contribution in [2.75, 3.05) is 13.1 Å². The Labute approximate surface area is 93.0 Å². The largest absolute Gasteiger partial charge is 0.339 e. The van der Waals surface area contributed by atoms with E-state index in [-0.39, 0.29) is 11.3 Å². The molecule has 0 aromatic carbocycles. The Morgan fingerprint density at radius 2 is 2.20 bits per heavy atom. The number of hydrogen-bond donors (Lipinski definition) is 1. The molecule has 0 aliphatic carbocycles. The minimum Gasteiger partial charge on any atom is -0.339 e. The SMILES string of the molecule is CCC1CCCN1C(=O)C(C)(CC)CN. The second kappa shape index (κ2) is 4.97. The van der Waals surface area contributed by atoms with Gasteiger partial charge in [-0.3, -0.25) is 4.79 Å². The minimum absolute atomic E-state index is 0.261. The quantitative estimate of drug-likeness (QED) is 0.772. The van der Waals surface area contributed by atoms with E-state index < -0.39 is 0 Å². The summed E-state index contributed by atoms with van der Waals surface area (Å²) in [5.41, 5.74) is 5.38. The normalized spacial score (nSPS) is 25.3. The number of hydrogen-bond acceptors (Lipinski definition) is 2. The van der Waals surface area contributed by atoms with Crippen molar-refractivity contribution in [3.63, 3.8) is 0 Å². The first-order chi connectivity index (χ1) is 7.09. The fourth-order valence-corrected chi connectivity index (χ4v) is 2.26. The number of amides is 1. The van der Waals surface area contributed by atoms with E-state index in [1.54, 1.807) is 0 Å². The fourth-order valence-electron chi connectivity index (χ4n) is 2.26. The second-order valence-electron chi connectivity index (χ2n) is 4.82. The number of nitrogens with two attached hydrogens (primary N) is 1. The maximum Gasteiger partial charge on any atom is 0.230 e. The first kappa shape index (κ1) is 12.5. The van der Waals surface area contributed by atoms with Crippen LogP contribution in [0.3, 0.4) is 0 Å². The van der Waals surface area contributed by atoms with Gasteiger partial charge in [-0.1, -0.05) is 13.8 Å². The van der Waals surface area contributed by atoms with Crippen molar-refractivity contribution in [3.8, 4) is 0 Å². The topological polar surface area (TPSA) is 46.3 Å². The number of nitrogens with zero attached hydrogens (tertiary/aromatic N) is 1. The summed E-state index contributed by atoms with van der Waals surface area (Å²) in [5.74, 6) is 0.261. The zero-order valence-electron chi connectivity index (χ0n) is 10.3. The Kier molecular flexibility index (Phi) is 4.14. The molecule has 0 aromatic rings. The zero-order chi connectivity index (χ0) is 11.5. The summed E-state index contributed by atoms with van der Waals surface area (Å²) >= 11 is 0. The van der Waals surface area contributed by atoms with Crippen molar-refractivity contribution < 1.29 is 4.79 Å². The molecule has 15 heavy (non-hydrogen) atoms. The lowest BCUT2D eigenvalue weighted by Crippen LogP contribution is -2.47. The molecule has 0 saturated carbocycles. The number of rotatable bonds is 4. The third kappa shape index (κ3) is 2.33. The Morgan fingerprint density at radius 3 is 2.67 bits per heavy atom. The molecule has 3 heteroatoms. The summed E-state index contributed by atoms with van der Waals surface area (Å²) in [6.07, 6.45) is 4.20. The predicted octanol–water partition coefficient (Wildman–Crippen LogP) is 1.76. The highest BCUT2D eigenvalue weighted by Crippen LogP contribution is 2.29. The van der Waals surface area contributed by atoms with Crippen LogP contribution < -0.4 is 5.73 Å². The maximum absolute atomic E-state index is 12.3. The van der Waals surface area contributed by atoms with Crippen LogP contribution in [0.5, 0.6) is 0 Å². The molecule has 2 atom stereocenters. The zero-order valence-corrected chi connectivity index (χ0v) is 10.3. The van der Waals surface area contributed by atoms with Crippen LogP contribution >= 0.6 is 0 Å². The van der Waals surface area contributed by atoms with Crippen LogP contribution in [-0.4, -0.2) is 29.9 Å². The van der Waals surface area contributed by atoms with Gasteiger partial charge in [-0.05, 0) is 32.6 Å². The second-order valence-corrected chi connectivity index (χ2v) is 4.82. The van der Waals surface area contributed by atoms with E-state index in [0.29, 0.717) is 12.6 Å². The first-order valence-corrected chi connectivity index (χ1v) is 6.10. The van der Waals surface area contributed by atoms with Gasteiger partial charge in [0.15, 0.2) is 0 Å². The van der Waals surface area contributed by atoms with Gasteiger partial charge in [-0.25, -0.2) is 0 Å². The van der Waals surface area contributed by atoms with E-state index in [4.69, 9.17) is 5.73 Å². The van der Waals surface area contributed by atoms with Gasteiger partial charge in [0.1, 0.15) is 0 Å². The highest BCUT2D eigenvalue weighted by atomic mass is 16.2. The van der Waals surface area contributed by atoms with Gasteiger partial charge in [0, 0.05) is 19.1 Å². The molecule has 0 spiro atoms. The van der Waals surface area contributed by atoms with E-state index in [2.05, 4.69) is 11.8 Å². The monoisotopic (exact) mass is 212 g/mol. The summed E-state index contributed by atoms with van der Waals surface area (Å²) in [6, 6.07) is 0.454. The molecule has 0 aromatic heterocycles. The molecule has 1 fully saturated rings. The number of carbonyl (C=O) groups excluding carboxylic acids is 1. The van der Waals surface area contributed by atoms with E-state index in [9.17, 15) is 4.79 Å². The van der Waals surface area contributed by atoms with Crippen LogP contribution in [0.2, 0.25) is 0 Å². The van der Waals surface area contributed by atoms with Crippen molar-refractivity contribution >= 4 is 5.91 Å². The molecule has 1 rings (SSSR count). The van der Waals surface area contributed by atoms with Gasteiger partial charge in [0.2, 0.25) is 5.91 Å². The van der Waals surface area contributed by atoms with E-state index in [1.165, 1.54) is 0 Å². The van der Waals surface area contributed by atoms with E-state index in [0.717, 1.165) is 32.2 Å². The van der Waals surface area contributed by atoms with Gasteiger partial charge >= 0.3 is 0 Å². The third-order valence-electron chi connectivity index (χ3n) is 3.86. The van der Waals surface area contributed by atoms with Crippen LogP contribution in [-0.2, 0) is 4.79 Å². The molecule has 1 heterocycles. The molecule has 2 unspecified atom stereocenters. The molecule has 0 radical (unpaired) electrons. The third-order valence-corrected chi connectivity index (χ3v) is 3.86. The Bertz CT molecular complexity index is 224. The Hall–Kier alpha value is -0.570. The summed E-state index contributed by atoms with van der Waals surface area (Å²) in [6.45, 7) is 7.56. The molecule has 0 bridgehead atoms. The Morgan fingerprint density at radius 1 is 1.53 bits per heavy atom. The van der Waals surface area contributed by atoms with Crippen LogP contribution in [0.4, 0.5) is 0 Å². The van der Waals surface area contributed by atoms with Crippen molar-refractivity contribution in [1.29, 1.82) is 0 Å². The highest BCUT2D eigenvalue weighted by molar-refractivity contribution is 5.83. The summed E-state index contributed by atoms with van der Waals surface area (Å²) < 4.78 is 0. The van der Waals surface area contributed by atoms with E-state index in [1.807, 2.05) is 13.8 Å². The molecular weight excluding hydrogens is 188 g/mol. The average molecular weight is 212 g/mol. The first-order valence-electron chi connectivity index (χ1n) is 6.10. The Balaban J connectivity index is 2.74. The highest BCUT2D eigenvalue weighted by Gasteiger charge is 2.38. The molecule has 88 valence electrons. The molecular formula is C12H24N2O. The van der Waals surface area contributed by atoms with Crippen molar-refractivity contribution in [1.82, 2.24) is 4.90 Å². The average Bonchev–Trinajstić information content (AvgIpc) is 2.74. The molecule has 3 nitrogen and oxygen atoms in total. The van der Waals surface area contributed by atoms with Gasteiger partial charge in [-0.2, -0.15) is 0 Å². The van der Waals surface area contributed by atoms with Gasteiger partial charge < -0.3 is 10.6 Å². The van der Waals surface area contributed by atoms with Gasteiger partial charge in [0.05, 0.1) is 5.41 Å². The van der Waals surface area contributed by atoms with Crippen LogP contribution in [0.15, 0.2) is 0 Å². The van der Waals surface area contributed by atoms with Crippen molar-refractivity contribution in [3.05, 3.63) is 0 Å². The van der Waals surface area contributed by atoms with Crippen LogP contribution in [0.1, 0.15) is 46.5 Å². The minimum atomic E-state index is -0.349. The lowest BCUT2D eigenvalue weighted by atomic mass is 9.85. The maximum atomic E-state index is 12.3. The number of likely N-dealkylation sites (tertiary alicyclic amines) is 1.